The van der Waals surface area contributed by atoms with E-state index in [1.807, 2.05) is 6.92 Å². The third-order valence-corrected chi connectivity index (χ3v) is 10.9. The maximum Gasteiger partial charge on any atom is 0.312 e. The number of nitrogens with two attached hydrogens (primary N) is 3. The summed E-state index contributed by atoms with van der Waals surface area (Å²) in [6.07, 6.45) is 15.4. The van der Waals surface area contributed by atoms with Gasteiger partial charge in [-0.05, 0) is 12.8 Å². The van der Waals surface area contributed by atoms with Crippen molar-refractivity contribution in [2.24, 2.45) is 11.8 Å². The number of aliphatic hydroxyl groups excluding tert-OH is 3. The van der Waals surface area contributed by atoms with Crippen molar-refractivity contribution in [1.29, 1.82) is 0 Å². The fraction of sp³-hybridized carbons (Fsp3) is 0.450. The Morgan fingerprint density at radius 3 is 1.38 bits per heavy atom. The molecule has 22 nitrogen and oxygen atoms in total. The number of ether oxygens (including phenoxy) is 3. The Morgan fingerprint density at radius 1 is 0.692 bits per heavy atom. The highest BCUT2D eigenvalue weighted by Gasteiger charge is 2.49. The van der Waals surface area contributed by atoms with E-state index >= 15 is 0 Å². The molecule has 0 radical (unpaired) electrons. The zero-order valence-electron chi connectivity index (χ0n) is 35.0. The van der Waals surface area contributed by atoms with Gasteiger partial charge in [-0.3, -0.25) is 18.5 Å². The van der Waals surface area contributed by atoms with Crippen molar-refractivity contribution in [3.63, 3.8) is 0 Å². The van der Waals surface area contributed by atoms with E-state index in [0.29, 0.717) is 19.1 Å². The first-order chi connectivity index (χ1) is 30.8. The van der Waals surface area contributed by atoms with Crippen molar-refractivity contribution in [2.75, 3.05) is 30.4 Å². The molecule has 65 heavy (non-hydrogen) atoms. The first kappa shape index (κ1) is 46.0. The molecule has 344 valence electrons. The molecule has 9 N–H and O–H groups in total. The lowest BCUT2D eigenvalue weighted by molar-refractivity contribution is -0.128. The van der Waals surface area contributed by atoms with Gasteiger partial charge in [0.15, 0.2) is 74.0 Å². The van der Waals surface area contributed by atoms with E-state index < -0.39 is 73.0 Å². The molecule has 25 heteroatoms. The number of nitrogens with zero attached hydrogens (tertiary/aromatic N) is 12. The molecule has 11 atom stereocenters. The zero-order valence-corrected chi connectivity index (χ0v) is 33.0. The molecular weight excluding hydrogens is 860 g/mol. The predicted molar refractivity (Wildman–Crippen MR) is 226 cm³/mol. The van der Waals surface area contributed by atoms with Gasteiger partial charge in [0.05, 0.1) is 34.9 Å². The first-order valence-electron chi connectivity index (χ1n) is 19.7. The third-order valence-electron chi connectivity index (χ3n) is 10.9. The number of imidazole rings is 3. The van der Waals surface area contributed by atoms with Crippen molar-refractivity contribution >= 4 is 57.2 Å². The van der Waals surface area contributed by atoms with E-state index in [0.717, 1.165) is 0 Å². The molecule has 0 amide bonds. The minimum atomic E-state index is -1.88. The van der Waals surface area contributed by atoms with E-state index in [9.17, 15) is 33.3 Å². The van der Waals surface area contributed by atoms with Crippen molar-refractivity contribution in [2.45, 2.75) is 89.6 Å². The lowest BCUT2D eigenvalue weighted by atomic mass is 9.90. The van der Waals surface area contributed by atoms with Crippen LogP contribution in [0.2, 0.25) is 0 Å². The molecule has 3 fully saturated rings. The number of aromatic nitrogens is 12. The average molecular weight is 908 g/mol. The summed E-state index contributed by atoms with van der Waals surface area (Å²) in [5.41, 5.74) is 13.3. The molecule has 9 rings (SSSR count). The van der Waals surface area contributed by atoms with Gasteiger partial charge in [-0.25, -0.2) is 15.0 Å². The Balaban J connectivity index is 0.000000185. The summed E-state index contributed by atoms with van der Waals surface area (Å²) in [5, 5.41) is 29.2. The van der Waals surface area contributed by atoms with Crippen LogP contribution in [0.3, 0.4) is 0 Å². The number of carbonyl (C=O) groups excluding carboxylic acids is 1. The molecule has 0 aromatic carbocycles. The molecule has 3 saturated heterocycles. The number of aldehydes is 1. The van der Waals surface area contributed by atoms with E-state index in [1.54, 1.807) is 6.92 Å². The van der Waals surface area contributed by atoms with Gasteiger partial charge in [-0.1, -0.05) is 46.5 Å². The van der Waals surface area contributed by atoms with Crippen molar-refractivity contribution in [3.8, 4) is 37.0 Å². The van der Waals surface area contributed by atoms with Crippen molar-refractivity contribution in [3.05, 3.63) is 37.2 Å². The maximum atomic E-state index is 13.4. The summed E-state index contributed by atoms with van der Waals surface area (Å²) in [6, 6.07) is 0. The smallest absolute Gasteiger partial charge is 0.312 e. The van der Waals surface area contributed by atoms with E-state index in [2.05, 4.69) is 62.6 Å². The number of hydrogen-bond acceptors (Lipinski definition) is 19. The molecule has 3 aliphatic heterocycles. The lowest BCUT2D eigenvalue weighted by Crippen LogP contribution is -2.41. The lowest BCUT2D eigenvalue weighted by Gasteiger charge is -2.24. The first-order valence-corrected chi connectivity index (χ1v) is 18.6. The minimum Gasteiger partial charge on any atom is -0.392 e. The normalized spacial score (nSPS) is 29.3. The second-order valence-corrected chi connectivity index (χ2v) is 14.5. The zero-order chi connectivity index (χ0) is 47.3. The monoisotopic (exact) mass is 907 g/mol. The number of halogens is 3. The minimum absolute atomic E-state index is 0. The Morgan fingerprint density at radius 2 is 1.06 bits per heavy atom. The summed E-state index contributed by atoms with van der Waals surface area (Å²) in [6.45, 7) is 0.158. The number of nitrogen functional groups attached to an aromatic ring is 3. The van der Waals surface area contributed by atoms with Crippen LogP contribution in [0.5, 0.6) is 0 Å². The molecule has 0 bridgehead atoms. The molecule has 9 heterocycles. The van der Waals surface area contributed by atoms with Gasteiger partial charge in [-0.15, -0.1) is 19.3 Å². The van der Waals surface area contributed by atoms with Crippen LogP contribution >= 0.6 is 0 Å². The summed E-state index contributed by atoms with van der Waals surface area (Å²) < 4.78 is 76.2. The van der Waals surface area contributed by atoms with Gasteiger partial charge in [0, 0.05) is 18.3 Å². The summed E-state index contributed by atoms with van der Waals surface area (Å²) >= 11 is 0. The number of rotatable bonds is 6. The van der Waals surface area contributed by atoms with Crippen LogP contribution in [0.15, 0.2) is 19.0 Å². The molecule has 3 aliphatic rings. The molecule has 0 spiro atoms. The topological polar surface area (TPSA) is 314 Å². The van der Waals surface area contributed by atoms with E-state index in [4.69, 9.17) is 53.4 Å². The largest absolute Gasteiger partial charge is 0.392 e. The molecule has 6 aromatic heterocycles. The van der Waals surface area contributed by atoms with Crippen LogP contribution < -0.4 is 17.2 Å². The molecule has 6 aromatic rings. The highest BCUT2D eigenvalue weighted by molar-refractivity contribution is 5.82. The Hall–Kier alpha value is -7.05. The van der Waals surface area contributed by atoms with Crippen LogP contribution in [-0.2, 0) is 19.0 Å². The summed E-state index contributed by atoms with van der Waals surface area (Å²) in [5.74, 6) is 6.13. The third kappa shape index (κ3) is 8.42. The van der Waals surface area contributed by atoms with Gasteiger partial charge in [0.2, 0.25) is 0 Å². The van der Waals surface area contributed by atoms with Gasteiger partial charge in [-0.2, -0.15) is 43.1 Å². The van der Waals surface area contributed by atoms with Gasteiger partial charge < -0.3 is 46.7 Å². The van der Waals surface area contributed by atoms with Crippen LogP contribution in [0, 0.1) is 67.1 Å². The Bertz CT molecular complexity index is 2810. The Labute approximate surface area is 371 Å². The Kier molecular flexibility index (Phi) is 13.1. The van der Waals surface area contributed by atoms with Crippen LogP contribution in [-0.4, -0.2) is 116 Å². The van der Waals surface area contributed by atoms with E-state index in [-0.39, 0.29) is 84.1 Å². The fourth-order valence-corrected chi connectivity index (χ4v) is 7.34. The van der Waals surface area contributed by atoms with Gasteiger partial charge in [0.1, 0.15) is 24.8 Å². The van der Waals surface area contributed by atoms with Crippen LogP contribution in [0.25, 0.3) is 33.5 Å². The molecular formula is C40H46F3N15O7. The quantitative estimate of drug-likeness (QED) is 0.0785. The van der Waals surface area contributed by atoms with Crippen molar-refractivity contribution < 1.29 is 50.2 Å². The van der Waals surface area contributed by atoms with Crippen molar-refractivity contribution in [1.82, 2.24) is 58.6 Å². The molecule has 0 saturated carbocycles. The summed E-state index contributed by atoms with van der Waals surface area (Å²) in [4.78, 5) is 44.5. The molecule has 2 unspecified atom stereocenters. The number of hydrogen-bond donors (Lipinski definition) is 6. The number of terminal acetylenes is 3. The second kappa shape index (κ2) is 18.6. The standard InChI is InChI=1S/C13H14FN5O2.C13H12FN5O2.C12H12FN5O3.2CH4/c2*1-3-13(5-20)7(2)4-8(21-13)19-6-16-9-10(15)17-12(14)18-11(9)19;1-2-12(4-19)6(20)3-7(21-12)18-5-15-8-9(14)16-11(13)17-10(8)18;;/h1,6-8,20H,4-5H2,2H3,(H2,15,17,18);1,5-8H,4H2,2H3,(H2,15,17,18);1,5-7,19-20H,3-4H2,(H2,14,16,17);2*1H4/t2*7-,8+,13+;6-,7+,12+;;/m000../s1/i5D;;4D;;/t5?,7-,8+,13+;;4?,6-,7+,12+;;. The van der Waals surface area contributed by atoms with Crippen LogP contribution in [0.4, 0.5) is 30.6 Å². The molecule has 0 aliphatic carbocycles. The highest BCUT2D eigenvalue weighted by atomic mass is 19.1. The second-order valence-electron chi connectivity index (χ2n) is 14.5. The van der Waals surface area contributed by atoms with Crippen LogP contribution in [0.1, 0.15) is 69.4 Å². The summed E-state index contributed by atoms with van der Waals surface area (Å²) in [7, 11) is 0. The van der Waals surface area contributed by atoms with Gasteiger partial charge >= 0.3 is 18.2 Å². The number of aliphatic hydroxyl groups is 3. The van der Waals surface area contributed by atoms with E-state index in [1.165, 1.54) is 32.7 Å². The number of fused-ring (bicyclic) bond motifs is 3. The highest BCUT2D eigenvalue weighted by Crippen LogP contribution is 2.43. The fourth-order valence-electron chi connectivity index (χ4n) is 7.34. The number of carbonyl (C=O) groups is 1. The predicted octanol–water partition coefficient (Wildman–Crippen LogP) is 1.60. The maximum absolute atomic E-state index is 13.4. The van der Waals surface area contributed by atoms with Gasteiger partial charge in [0.25, 0.3) is 0 Å². The number of anilines is 3. The average Bonchev–Trinajstić information content (AvgIpc) is 4.11. The SMILES string of the molecule is C.C.C#C[C@]1(C=O)O[C@@H](n2cnc3c(N)nc(F)nc32)C[C@@H]1C.[2H]C(O)[C@@]1(C#C)O[C@@H](n2cnc3c(N)nc(F)nc32)C[C@@H]1C.[2H]C(O)[C@@]1(C#C)O[C@@H](n2cnc3c(N)nc(F)nc32)C[C@@H]1O.